The summed E-state index contributed by atoms with van der Waals surface area (Å²) in [7, 11) is 1.04. The Bertz CT molecular complexity index is 569. The maximum absolute atomic E-state index is 12.8. The Morgan fingerprint density at radius 3 is 2.74 bits per heavy atom. The average Bonchev–Trinajstić information content (AvgIpc) is 2.37. The third-order valence-corrected chi connectivity index (χ3v) is 2.18. The highest BCUT2D eigenvalue weighted by Crippen LogP contribution is 2.27. The van der Waals surface area contributed by atoms with Gasteiger partial charge in [-0.05, 0) is 16.0 Å². The summed E-state index contributed by atoms with van der Waals surface area (Å²) in [6, 6.07) is 2.07. The topological polar surface area (TPSA) is 106 Å². The third-order valence-electron chi connectivity index (χ3n) is 2.18. The number of alkyl halides is 2. The van der Waals surface area contributed by atoms with Gasteiger partial charge < -0.3 is 14.9 Å². The minimum atomic E-state index is -3.01. The second-order valence-corrected chi connectivity index (χ2v) is 3.32. The fourth-order valence-electron chi connectivity index (χ4n) is 1.32. The molecule has 0 aromatic carbocycles. The second-order valence-electron chi connectivity index (χ2n) is 3.32. The van der Waals surface area contributed by atoms with Crippen molar-refractivity contribution in [3.63, 3.8) is 0 Å². The highest BCUT2D eigenvalue weighted by molar-refractivity contribution is 5.72. The Hall–Kier alpha value is -2.63. The van der Waals surface area contributed by atoms with Crippen LogP contribution in [0.1, 0.15) is 23.2 Å². The molecule has 0 spiro atoms. The summed E-state index contributed by atoms with van der Waals surface area (Å²) in [5, 5.41) is 19.3. The summed E-state index contributed by atoms with van der Waals surface area (Å²) in [6.45, 7) is 0. The predicted octanol–water partition coefficient (Wildman–Crippen LogP) is 1.51. The zero-order valence-electron chi connectivity index (χ0n) is 9.59. The molecule has 1 aromatic rings. The first-order valence-corrected chi connectivity index (χ1v) is 4.84. The van der Waals surface area contributed by atoms with Gasteiger partial charge in [0, 0.05) is 0 Å². The number of nitro groups is 1. The number of nitrogens with zero attached hydrogens (tertiary/aromatic N) is 3. The van der Waals surface area contributed by atoms with Gasteiger partial charge in [-0.1, -0.05) is 0 Å². The molecule has 19 heavy (non-hydrogen) atoms. The quantitative estimate of drug-likeness (QED) is 0.466. The van der Waals surface area contributed by atoms with E-state index in [-0.39, 0.29) is 0 Å². The van der Waals surface area contributed by atoms with E-state index < -0.39 is 46.4 Å². The number of esters is 1. The van der Waals surface area contributed by atoms with Gasteiger partial charge in [0.2, 0.25) is 0 Å². The van der Waals surface area contributed by atoms with Gasteiger partial charge in [0.1, 0.15) is 12.5 Å². The lowest BCUT2D eigenvalue weighted by atomic mass is 10.1. The van der Waals surface area contributed by atoms with Crippen molar-refractivity contribution in [2.75, 3.05) is 7.11 Å². The van der Waals surface area contributed by atoms with Gasteiger partial charge in [-0.2, -0.15) is 5.26 Å². The third kappa shape index (κ3) is 3.19. The first-order chi connectivity index (χ1) is 8.90. The summed E-state index contributed by atoms with van der Waals surface area (Å²) in [5.74, 6) is -1.74. The molecule has 0 saturated carbocycles. The highest BCUT2D eigenvalue weighted by Gasteiger charge is 2.27. The van der Waals surface area contributed by atoms with Crippen molar-refractivity contribution in [1.82, 2.24) is 4.98 Å². The van der Waals surface area contributed by atoms with E-state index in [0.717, 1.165) is 7.11 Å². The maximum Gasteiger partial charge on any atom is 0.381 e. The van der Waals surface area contributed by atoms with Crippen molar-refractivity contribution in [1.29, 1.82) is 5.26 Å². The molecule has 0 fully saturated rings. The van der Waals surface area contributed by atoms with Crippen molar-refractivity contribution in [2.45, 2.75) is 12.8 Å². The summed E-state index contributed by atoms with van der Waals surface area (Å²) in [4.78, 5) is 24.1. The van der Waals surface area contributed by atoms with E-state index in [9.17, 15) is 23.7 Å². The van der Waals surface area contributed by atoms with Gasteiger partial charge in [0.15, 0.2) is 11.3 Å². The molecule has 0 aliphatic heterocycles. The smallest absolute Gasteiger partial charge is 0.381 e. The Labute approximate surface area is 105 Å². The molecular weight excluding hydrogens is 264 g/mol. The number of hydrogen-bond acceptors (Lipinski definition) is 6. The van der Waals surface area contributed by atoms with Crippen LogP contribution in [0.2, 0.25) is 0 Å². The second kappa shape index (κ2) is 5.81. The van der Waals surface area contributed by atoms with Gasteiger partial charge in [-0.15, -0.1) is 0 Å². The lowest BCUT2D eigenvalue weighted by Gasteiger charge is -2.05. The van der Waals surface area contributed by atoms with Crippen molar-refractivity contribution in [2.24, 2.45) is 0 Å². The van der Waals surface area contributed by atoms with Crippen molar-refractivity contribution >= 4 is 11.8 Å². The molecule has 0 aliphatic carbocycles. The number of nitriles is 1. The maximum atomic E-state index is 12.8. The molecule has 9 heteroatoms. The lowest BCUT2D eigenvalue weighted by Crippen LogP contribution is -2.11. The lowest BCUT2D eigenvalue weighted by molar-refractivity contribution is -0.389. The van der Waals surface area contributed by atoms with E-state index in [2.05, 4.69) is 9.72 Å². The van der Waals surface area contributed by atoms with E-state index in [0.29, 0.717) is 6.07 Å². The number of hydrogen-bond donors (Lipinski definition) is 0. The van der Waals surface area contributed by atoms with Crippen LogP contribution in [0.5, 0.6) is 0 Å². The van der Waals surface area contributed by atoms with Crippen LogP contribution in [0.15, 0.2) is 6.07 Å². The number of halogens is 2. The monoisotopic (exact) mass is 271 g/mol. The van der Waals surface area contributed by atoms with Gasteiger partial charge in [0.05, 0.1) is 12.7 Å². The fourth-order valence-corrected chi connectivity index (χ4v) is 1.32. The van der Waals surface area contributed by atoms with Crippen LogP contribution < -0.4 is 0 Å². The molecule has 0 aliphatic rings. The minimum Gasteiger partial charge on any atom is -0.469 e. The first kappa shape index (κ1) is 14.4. The Balaban J connectivity index is 3.42. The molecule has 1 aromatic heterocycles. The van der Waals surface area contributed by atoms with Gasteiger partial charge in [-0.3, -0.25) is 4.79 Å². The van der Waals surface area contributed by atoms with E-state index in [1.807, 2.05) is 0 Å². The largest absolute Gasteiger partial charge is 0.469 e. The SMILES string of the molecule is COC(=O)Cc1nc([N+](=O)[O-])c(C#N)cc1C(F)F. The van der Waals surface area contributed by atoms with E-state index in [1.165, 1.54) is 6.07 Å². The molecule has 0 N–H and O–H groups in total. The number of pyridine rings is 1. The Kier molecular flexibility index (Phi) is 4.41. The van der Waals surface area contributed by atoms with Gasteiger partial charge >= 0.3 is 11.8 Å². The Morgan fingerprint density at radius 2 is 2.32 bits per heavy atom. The molecule has 0 unspecified atom stereocenters. The van der Waals surface area contributed by atoms with Crippen LogP contribution in [0, 0.1) is 21.4 Å². The number of methoxy groups -OCH3 is 1. The van der Waals surface area contributed by atoms with Gasteiger partial charge in [0.25, 0.3) is 6.43 Å². The molecule has 0 radical (unpaired) electrons. The predicted molar refractivity (Wildman–Crippen MR) is 56.3 cm³/mol. The molecule has 0 saturated heterocycles. The summed E-state index contributed by atoms with van der Waals surface area (Å²) >= 11 is 0. The Morgan fingerprint density at radius 1 is 1.68 bits per heavy atom. The summed E-state index contributed by atoms with van der Waals surface area (Å²) in [6.07, 6.45) is -3.65. The molecular formula is C10H7F2N3O4. The molecule has 0 bridgehead atoms. The average molecular weight is 271 g/mol. The van der Waals surface area contributed by atoms with Gasteiger partial charge in [-0.25, -0.2) is 8.78 Å². The van der Waals surface area contributed by atoms with E-state index >= 15 is 0 Å². The molecule has 7 nitrogen and oxygen atoms in total. The van der Waals surface area contributed by atoms with Crippen LogP contribution in [0.25, 0.3) is 0 Å². The van der Waals surface area contributed by atoms with Crippen molar-refractivity contribution < 1.29 is 23.2 Å². The number of carbonyl (C=O) groups excluding carboxylic acids is 1. The summed E-state index contributed by atoms with van der Waals surface area (Å²) < 4.78 is 29.8. The number of ether oxygens (including phenoxy) is 1. The number of carbonyl (C=O) groups is 1. The van der Waals surface area contributed by atoms with Crippen LogP contribution in [-0.4, -0.2) is 23.0 Å². The number of aromatic nitrogens is 1. The van der Waals surface area contributed by atoms with Crippen molar-refractivity contribution in [3.05, 3.63) is 33.0 Å². The van der Waals surface area contributed by atoms with E-state index in [1.54, 1.807) is 0 Å². The highest BCUT2D eigenvalue weighted by atomic mass is 19.3. The zero-order chi connectivity index (χ0) is 14.6. The zero-order valence-corrected chi connectivity index (χ0v) is 9.59. The van der Waals surface area contributed by atoms with Crippen LogP contribution >= 0.6 is 0 Å². The molecule has 0 atom stereocenters. The van der Waals surface area contributed by atoms with Crippen molar-refractivity contribution in [3.8, 4) is 6.07 Å². The first-order valence-electron chi connectivity index (χ1n) is 4.84. The standard InChI is InChI=1S/C10H7F2N3O4/c1-19-8(16)3-7-6(9(11)12)2-5(4-13)10(14-7)15(17)18/h2,9H,3H2,1H3. The van der Waals surface area contributed by atoms with Crippen LogP contribution in [0.3, 0.4) is 0 Å². The minimum absolute atomic E-state index is 0.479. The molecule has 1 heterocycles. The molecule has 100 valence electrons. The number of rotatable bonds is 4. The van der Waals surface area contributed by atoms with Crippen LogP contribution in [0.4, 0.5) is 14.6 Å². The molecule has 0 amide bonds. The van der Waals surface area contributed by atoms with E-state index in [4.69, 9.17) is 5.26 Å². The molecule has 1 rings (SSSR count). The summed E-state index contributed by atoms with van der Waals surface area (Å²) in [5.41, 5.74) is -1.77. The fraction of sp³-hybridized carbons (Fsp3) is 0.300. The normalized spacial score (nSPS) is 10.1. The van der Waals surface area contributed by atoms with Crippen LogP contribution in [-0.2, 0) is 16.0 Å².